The van der Waals surface area contributed by atoms with Crippen LogP contribution in [0.1, 0.15) is 27.7 Å². The Kier molecular flexibility index (Phi) is 3.91. The van der Waals surface area contributed by atoms with Gasteiger partial charge in [-0.3, -0.25) is 0 Å². The van der Waals surface area contributed by atoms with E-state index in [9.17, 15) is 0 Å². The number of quaternary nitrogens is 2. The summed E-state index contributed by atoms with van der Waals surface area (Å²) in [6.07, 6.45) is 0. The molecule has 0 saturated heterocycles. The van der Waals surface area contributed by atoms with Crippen LogP contribution in [0.3, 0.4) is 0 Å². The van der Waals surface area contributed by atoms with Crippen molar-refractivity contribution >= 4 is 0 Å². The van der Waals surface area contributed by atoms with E-state index in [-0.39, 0.29) is 0 Å². The van der Waals surface area contributed by atoms with Crippen LogP contribution in [-0.2, 0) is 0 Å². The summed E-state index contributed by atoms with van der Waals surface area (Å²) < 4.78 is 0. The number of nitrogens with one attached hydrogen (secondary N) is 1. The van der Waals surface area contributed by atoms with E-state index in [0.29, 0.717) is 5.54 Å². The first kappa shape index (κ1) is 9.92. The molecule has 0 rings (SSSR count). The minimum absolute atomic E-state index is 0.365. The van der Waals surface area contributed by atoms with Crippen LogP contribution in [0.5, 0.6) is 0 Å². The molecule has 62 valence electrons. The summed E-state index contributed by atoms with van der Waals surface area (Å²) in [4.78, 5) is 1.64. The lowest BCUT2D eigenvalue weighted by molar-refractivity contribution is -0.951. The molecule has 0 aliphatic carbocycles. The highest BCUT2D eigenvalue weighted by atomic mass is 15.2. The third-order valence-corrected chi connectivity index (χ3v) is 2.44. The molecule has 0 aromatic heterocycles. The topological polar surface area (TPSA) is 32.1 Å². The molecule has 0 atom stereocenters. The Labute approximate surface area is 64.4 Å². The summed E-state index contributed by atoms with van der Waals surface area (Å²) in [5.41, 5.74) is 4.32. The van der Waals surface area contributed by atoms with Crippen molar-refractivity contribution in [3.8, 4) is 0 Å². The van der Waals surface area contributed by atoms with Crippen LogP contribution >= 0.6 is 0 Å². The first-order chi connectivity index (χ1) is 4.58. The number of rotatable bonds is 4. The van der Waals surface area contributed by atoms with E-state index >= 15 is 0 Å². The predicted octanol–water partition coefficient (Wildman–Crippen LogP) is -1.07. The number of hydrogen-bond donors (Lipinski definition) is 2. The molecule has 2 heteroatoms. The Hall–Kier alpha value is -0.0800. The van der Waals surface area contributed by atoms with Gasteiger partial charge in [-0.1, -0.05) is 0 Å². The summed E-state index contributed by atoms with van der Waals surface area (Å²) in [6.45, 7) is 12.5. The van der Waals surface area contributed by atoms with Gasteiger partial charge in [-0.2, -0.15) is 0 Å². The van der Waals surface area contributed by atoms with Gasteiger partial charge in [-0.15, -0.1) is 0 Å². The molecule has 0 aliphatic rings. The third-order valence-electron chi connectivity index (χ3n) is 2.44. The van der Waals surface area contributed by atoms with Crippen LogP contribution in [0.2, 0.25) is 0 Å². The molecule has 0 unspecified atom stereocenters. The molecule has 0 spiro atoms. The summed E-state index contributed by atoms with van der Waals surface area (Å²) in [5, 5.41) is 0. The predicted molar refractivity (Wildman–Crippen MR) is 43.9 cm³/mol. The average Bonchev–Trinajstić information content (AvgIpc) is 1.90. The monoisotopic (exact) mass is 146 g/mol. The van der Waals surface area contributed by atoms with E-state index in [1.54, 1.807) is 4.90 Å². The van der Waals surface area contributed by atoms with Gasteiger partial charge in [-0.25, -0.2) is 0 Å². The summed E-state index contributed by atoms with van der Waals surface area (Å²) in [6, 6.07) is 0. The molecular weight excluding hydrogens is 124 g/mol. The average molecular weight is 146 g/mol. The molecule has 10 heavy (non-hydrogen) atoms. The van der Waals surface area contributed by atoms with Gasteiger partial charge in [0.2, 0.25) is 0 Å². The van der Waals surface area contributed by atoms with E-state index in [1.165, 1.54) is 13.1 Å². The van der Waals surface area contributed by atoms with Crippen molar-refractivity contribution in [1.82, 2.24) is 0 Å². The highest BCUT2D eigenvalue weighted by Crippen LogP contribution is 1.89. The largest absolute Gasteiger partial charge is 0.352 e. The van der Waals surface area contributed by atoms with Crippen molar-refractivity contribution < 1.29 is 10.6 Å². The van der Waals surface area contributed by atoms with Crippen molar-refractivity contribution in [3.63, 3.8) is 0 Å². The van der Waals surface area contributed by atoms with Crippen LogP contribution in [-0.4, -0.2) is 25.2 Å². The van der Waals surface area contributed by atoms with Crippen LogP contribution in [0.15, 0.2) is 0 Å². The number of likely N-dealkylation sites (N-methyl/N-ethyl adjacent to an activating group) is 1. The van der Waals surface area contributed by atoms with Crippen LogP contribution in [0.25, 0.3) is 0 Å². The maximum atomic E-state index is 3.95. The second-order valence-electron chi connectivity index (χ2n) is 3.44. The lowest BCUT2D eigenvalue weighted by atomic mass is 10.0. The second-order valence-corrected chi connectivity index (χ2v) is 3.44. The van der Waals surface area contributed by atoms with E-state index in [1.807, 2.05) is 0 Å². The van der Waals surface area contributed by atoms with Crippen molar-refractivity contribution in [2.45, 2.75) is 33.2 Å². The minimum Gasteiger partial charge on any atom is -0.352 e. The van der Waals surface area contributed by atoms with Gasteiger partial charge in [-0.05, 0) is 27.7 Å². The van der Waals surface area contributed by atoms with Crippen LogP contribution in [0, 0.1) is 0 Å². The van der Waals surface area contributed by atoms with Gasteiger partial charge in [0.15, 0.2) is 0 Å². The minimum atomic E-state index is 0.365. The Morgan fingerprint density at radius 3 is 1.70 bits per heavy atom. The molecule has 0 saturated carbocycles. The normalized spacial score (nSPS) is 12.6. The molecule has 0 radical (unpaired) electrons. The van der Waals surface area contributed by atoms with E-state index < -0.39 is 0 Å². The zero-order chi connectivity index (χ0) is 8.20. The molecule has 0 bridgehead atoms. The molecular formula is C8H22N2+2. The highest BCUT2D eigenvalue weighted by Gasteiger charge is 2.28. The van der Waals surface area contributed by atoms with Gasteiger partial charge in [0.1, 0.15) is 12.1 Å². The van der Waals surface area contributed by atoms with Gasteiger partial charge in [0, 0.05) is 0 Å². The molecule has 2 nitrogen and oxygen atoms in total. The van der Waals surface area contributed by atoms with Gasteiger partial charge >= 0.3 is 0 Å². The quantitative estimate of drug-likeness (QED) is 0.506. The Morgan fingerprint density at radius 1 is 1.20 bits per heavy atom. The second kappa shape index (κ2) is 3.94. The fourth-order valence-corrected chi connectivity index (χ4v) is 1.38. The van der Waals surface area contributed by atoms with E-state index in [2.05, 4.69) is 33.4 Å². The van der Waals surface area contributed by atoms with Gasteiger partial charge in [0.25, 0.3) is 0 Å². The molecule has 0 aromatic carbocycles. The highest BCUT2D eigenvalue weighted by molar-refractivity contribution is 4.61. The molecule has 4 N–H and O–H groups in total. The Morgan fingerprint density at radius 2 is 1.60 bits per heavy atom. The first-order valence-corrected chi connectivity index (χ1v) is 4.22. The molecule has 0 heterocycles. The zero-order valence-electron chi connectivity index (χ0n) is 7.83. The SMILES string of the molecule is CC[NH+](CC)C(C)(C)C[NH3+]. The van der Waals surface area contributed by atoms with Crippen molar-refractivity contribution in [2.24, 2.45) is 0 Å². The maximum Gasteiger partial charge on any atom is 0.141 e. The molecule has 0 amide bonds. The third kappa shape index (κ3) is 2.27. The Balaban J connectivity index is 3.97. The van der Waals surface area contributed by atoms with Gasteiger partial charge in [0.05, 0.1) is 13.1 Å². The lowest BCUT2D eigenvalue weighted by Crippen LogP contribution is -3.20. The molecule has 0 fully saturated rings. The summed E-state index contributed by atoms with van der Waals surface area (Å²) >= 11 is 0. The first-order valence-electron chi connectivity index (χ1n) is 4.22. The van der Waals surface area contributed by atoms with E-state index in [0.717, 1.165) is 6.54 Å². The fourth-order valence-electron chi connectivity index (χ4n) is 1.38. The number of hydrogen-bond acceptors (Lipinski definition) is 0. The fraction of sp³-hybridized carbons (Fsp3) is 1.00. The molecule has 0 aromatic rings. The van der Waals surface area contributed by atoms with E-state index in [4.69, 9.17) is 0 Å². The standard InChI is InChI=1S/C8H20N2/c1-5-10(6-2)8(3,4)7-9/h5-7,9H2,1-4H3/p+2. The van der Waals surface area contributed by atoms with Crippen LogP contribution in [0.4, 0.5) is 0 Å². The lowest BCUT2D eigenvalue weighted by Gasteiger charge is -2.30. The van der Waals surface area contributed by atoms with Crippen molar-refractivity contribution in [3.05, 3.63) is 0 Å². The maximum absolute atomic E-state index is 3.95. The van der Waals surface area contributed by atoms with Crippen LogP contribution < -0.4 is 10.6 Å². The summed E-state index contributed by atoms with van der Waals surface area (Å²) in [5.74, 6) is 0. The van der Waals surface area contributed by atoms with Crippen molar-refractivity contribution in [2.75, 3.05) is 19.6 Å². The molecule has 0 aliphatic heterocycles. The smallest absolute Gasteiger partial charge is 0.141 e. The Bertz CT molecular complexity index is 85.3. The zero-order valence-corrected chi connectivity index (χ0v) is 7.83. The summed E-state index contributed by atoms with van der Waals surface area (Å²) in [7, 11) is 0. The van der Waals surface area contributed by atoms with Gasteiger partial charge < -0.3 is 10.6 Å². The van der Waals surface area contributed by atoms with Crippen molar-refractivity contribution in [1.29, 1.82) is 0 Å².